The number of rotatable bonds is 1. The van der Waals surface area contributed by atoms with Crippen molar-refractivity contribution in [2.24, 2.45) is 0 Å². The summed E-state index contributed by atoms with van der Waals surface area (Å²) in [6, 6.07) is 0. The average Bonchev–Trinajstić information content (AvgIpc) is 2.19. The molecular formula is C7H11NO6. The summed E-state index contributed by atoms with van der Waals surface area (Å²) in [5.74, 6) is -1.66. The molecule has 0 aromatic rings. The van der Waals surface area contributed by atoms with E-state index < -0.39 is 18.0 Å². The van der Waals surface area contributed by atoms with E-state index in [0.29, 0.717) is 6.61 Å². The molecule has 1 fully saturated rings. The first-order valence-corrected chi connectivity index (χ1v) is 4.02. The van der Waals surface area contributed by atoms with Crippen LogP contribution >= 0.6 is 0 Å². The van der Waals surface area contributed by atoms with Gasteiger partial charge in [0.05, 0.1) is 19.8 Å². The number of carbonyl (C=O) groups is 2. The molecule has 7 nitrogen and oxygen atoms in total. The topological polar surface area (TPSA) is 85.3 Å². The third-order valence-corrected chi connectivity index (χ3v) is 1.52. The zero-order valence-corrected chi connectivity index (χ0v) is 7.63. The Morgan fingerprint density at radius 2 is 2.21 bits per heavy atom. The summed E-state index contributed by atoms with van der Waals surface area (Å²) < 4.78 is 9.91. The highest BCUT2D eigenvalue weighted by atomic mass is 16.9. The zero-order valence-electron chi connectivity index (χ0n) is 7.63. The van der Waals surface area contributed by atoms with E-state index in [2.05, 4.69) is 4.84 Å². The Balaban J connectivity index is 2.36. The summed E-state index contributed by atoms with van der Waals surface area (Å²) in [5, 5.41) is 8.63. The van der Waals surface area contributed by atoms with E-state index in [-0.39, 0.29) is 18.4 Å². The number of hydrogen-bond acceptors (Lipinski definition) is 6. The Hall–Kier alpha value is -1.18. The van der Waals surface area contributed by atoms with Gasteiger partial charge in [-0.15, -0.1) is 0 Å². The molecule has 7 heteroatoms. The van der Waals surface area contributed by atoms with Gasteiger partial charge in [-0.1, -0.05) is 0 Å². The molecule has 1 heterocycles. The predicted molar refractivity (Wildman–Crippen MR) is 41.0 cm³/mol. The molecule has 14 heavy (non-hydrogen) atoms. The average molecular weight is 205 g/mol. The van der Waals surface area contributed by atoms with Crippen LogP contribution in [0.1, 0.15) is 6.92 Å². The largest absolute Gasteiger partial charge is 0.376 e. The van der Waals surface area contributed by atoms with Crippen molar-refractivity contribution in [1.29, 1.82) is 0 Å². The van der Waals surface area contributed by atoms with E-state index in [1.54, 1.807) is 0 Å². The predicted octanol–water partition coefficient (Wildman–Crippen LogP) is -0.902. The van der Waals surface area contributed by atoms with Gasteiger partial charge in [-0.25, -0.2) is 4.79 Å². The van der Waals surface area contributed by atoms with Gasteiger partial charge in [0, 0.05) is 6.92 Å². The maximum absolute atomic E-state index is 11.1. The van der Waals surface area contributed by atoms with Crippen LogP contribution in [0, 0.1) is 0 Å². The van der Waals surface area contributed by atoms with E-state index in [9.17, 15) is 9.59 Å². The number of ether oxygens (including phenoxy) is 2. The highest BCUT2D eigenvalue weighted by molar-refractivity contribution is 5.78. The summed E-state index contributed by atoms with van der Waals surface area (Å²) in [6.45, 7) is 1.81. The van der Waals surface area contributed by atoms with Crippen LogP contribution in [0.2, 0.25) is 0 Å². The van der Waals surface area contributed by atoms with Gasteiger partial charge in [0.15, 0.2) is 6.10 Å². The lowest BCUT2D eigenvalue weighted by atomic mass is 10.3. The minimum atomic E-state index is -0.891. The molecule has 0 radical (unpaired) electrons. The lowest BCUT2D eigenvalue weighted by Crippen LogP contribution is -2.40. The third kappa shape index (κ3) is 2.95. The van der Waals surface area contributed by atoms with Gasteiger partial charge in [-0.3, -0.25) is 10.0 Å². The van der Waals surface area contributed by atoms with Crippen molar-refractivity contribution in [3.63, 3.8) is 0 Å². The number of carbonyl (C=O) groups excluding carboxylic acids is 2. The Morgan fingerprint density at radius 3 is 2.71 bits per heavy atom. The quantitative estimate of drug-likeness (QED) is 0.441. The van der Waals surface area contributed by atoms with Crippen molar-refractivity contribution in [2.45, 2.75) is 13.0 Å². The standard InChI is InChI=1S/C7H11NO6/c1-5(9)8(11)14-7(10)6-4-12-2-3-13-6/h6,11H,2-4H2,1H3. The van der Waals surface area contributed by atoms with Gasteiger partial charge in [0.25, 0.3) is 5.91 Å². The van der Waals surface area contributed by atoms with E-state index in [1.165, 1.54) is 0 Å². The molecule has 1 rings (SSSR count). The van der Waals surface area contributed by atoms with Crippen molar-refractivity contribution < 1.29 is 29.1 Å². The minimum Gasteiger partial charge on any atom is -0.376 e. The number of hydrogen-bond donors (Lipinski definition) is 1. The van der Waals surface area contributed by atoms with E-state index in [1.807, 2.05) is 0 Å². The van der Waals surface area contributed by atoms with Crippen LogP contribution in [0.5, 0.6) is 0 Å². The van der Waals surface area contributed by atoms with Gasteiger partial charge in [-0.05, 0) is 5.23 Å². The second-order valence-corrected chi connectivity index (χ2v) is 2.64. The minimum absolute atomic E-state index is 0.0601. The van der Waals surface area contributed by atoms with Gasteiger partial charge in [0.1, 0.15) is 0 Å². The number of nitrogens with zero attached hydrogens (tertiary/aromatic N) is 1. The zero-order chi connectivity index (χ0) is 10.6. The van der Waals surface area contributed by atoms with E-state index in [0.717, 1.165) is 6.92 Å². The smallest absolute Gasteiger partial charge is 0.366 e. The van der Waals surface area contributed by atoms with Crippen LogP contribution in [0.3, 0.4) is 0 Å². The molecule has 1 aliphatic rings. The fourth-order valence-electron chi connectivity index (χ4n) is 0.832. The molecule has 1 aliphatic heterocycles. The molecule has 80 valence electrons. The second-order valence-electron chi connectivity index (χ2n) is 2.64. The van der Waals surface area contributed by atoms with E-state index >= 15 is 0 Å². The maximum Gasteiger partial charge on any atom is 0.366 e. The monoisotopic (exact) mass is 205 g/mol. The normalized spacial score (nSPS) is 21.4. The molecule has 1 saturated heterocycles. The van der Waals surface area contributed by atoms with Gasteiger partial charge in [0.2, 0.25) is 0 Å². The first-order chi connectivity index (χ1) is 6.61. The van der Waals surface area contributed by atoms with Crippen LogP contribution in [0.15, 0.2) is 0 Å². The molecule has 1 atom stereocenters. The van der Waals surface area contributed by atoms with Crippen molar-refractivity contribution in [3.8, 4) is 0 Å². The van der Waals surface area contributed by atoms with Crippen LogP contribution in [0.25, 0.3) is 0 Å². The molecule has 1 unspecified atom stereocenters. The fourth-order valence-corrected chi connectivity index (χ4v) is 0.832. The molecule has 0 saturated carbocycles. The first kappa shape index (κ1) is 10.9. The van der Waals surface area contributed by atoms with Crippen LogP contribution in [-0.2, 0) is 23.9 Å². The van der Waals surface area contributed by atoms with Gasteiger partial charge < -0.3 is 14.3 Å². The highest BCUT2D eigenvalue weighted by Gasteiger charge is 2.27. The fraction of sp³-hybridized carbons (Fsp3) is 0.714. The van der Waals surface area contributed by atoms with Crippen LogP contribution in [0.4, 0.5) is 0 Å². The Morgan fingerprint density at radius 1 is 1.50 bits per heavy atom. The van der Waals surface area contributed by atoms with E-state index in [4.69, 9.17) is 14.7 Å². The van der Waals surface area contributed by atoms with Gasteiger partial charge in [-0.2, -0.15) is 0 Å². The molecule has 0 aromatic carbocycles. The molecule has 0 aliphatic carbocycles. The van der Waals surface area contributed by atoms with Crippen LogP contribution < -0.4 is 0 Å². The summed E-state index contributed by atoms with van der Waals surface area (Å²) in [5.41, 5.74) is 0. The molecule has 1 N–H and O–H groups in total. The Labute approximate surface area is 80.0 Å². The van der Waals surface area contributed by atoms with Crippen molar-refractivity contribution in [3.05, 3.63) is 0 Å². The number of hydroxylamine groups is 2. The highest BCUT2D eigenvalue weighted by Crippen LogP contribution is 2.03. The molecule has 1 amide bonds. The lowest BCUT2D eigenvalue weighted by Gasteiger charge is -2.22. The molecule has 0 bridgehead atoms. The lowest BCUT2D eigenvalue weighted by molar-refractivity contribution is -0.302. The number of amides is 1. The molecule has 0 aromatic heterocycles. The molecule has 0 spiro atoms. The Bertz CT molecular complexity index is 224. The summed E-state index contributed by atoms with van der Waals surface area (Å²) in [6.07, 6.45) is -0.891. The third-order valence-electron chi connectivity index (χ3n) is 1.52. The maximum atomic E-state index is 11.1. The van der Waals surface area contributed by atoms with Crippen molar-refractivity contribution in [2.75, 3.05) is 19.8 Å². The van der Waals surface area contributed by atoms with Crippen molar-refractivity contribution >= 4 is 11.9 Å². The summed E-state index contributed by atoms with van der Waals surface area (Å²) >= 11 is 0. The SMILES string of the molecule is CC(=O)N(O)OC(=O)C1COCCO1. The second kappa shape index (κ2) is 4.89. The summed E-state index contributed by atoms with van der Waals surface area (Å²) in [7, 11) is 0. The first-order valence-electron chi connectivity index (χ1n) is 4.02. The van der Waals surface area contributed by atoms with Crippen molar-refractivity contribution in [1.82, 2.24) is 5.23 Å². The Kier molecular flexibility index (Phi) is 3.81. The summed E-state index contributed by atoms with van der Waals surface area (Å²) in [4.78, 5) is 25.9. The van der Waals surface area contributed by atoms with Crippen LogP contribution in [-0.4, -0.2) is 48.2 Å². The van der Waals surface area contributed by atoms with Gasteiger partial charge >= 0.3 is 5.97 Å². The molecular weight excluding hydrogens is 194 g/mol.